The molecule has 1 amide bonds. The van der Waals surface area contributed by atoms with Crippen molar-refractivity contribution in [1.82, 2.24) is 9.88 Å². The molecule has 2 heterocycles. The molecule has 0 N–H and O–H groups in total. The zero-order valence-electron chi connectivity index (χ0n) is 10.2. The van der Waals surface area contributed by atoms with Crippen LogP contribution in [-0.2, 0) is 0 Å². The fraction of sp³-hybridized carbons (Fsp3) is 0.500. The predicted octanol–water partition coefficient (Wildman–Crippen LogP) is 2.33. The number of hydrogen-bond acceptors (Lipinski definition) is 3. The van der Waals surface area contributed by atoms with Gasteiger partial charge in [0.05, 0.1) is 5.56 Å². The lowest BCUT2D eigenvalue weighted by Gasteiger charge is -2.37. The Morgan fingerprint density at radius 1 is 1.50 bits per heavy atom. The summed E-state index contributed by atoms with van der Waals surface area (Å²) in [6.07, 6.45) is 1.11. The molecule has 0 bridgehead atoms. The highest BCUT2D eigenvalue weighted by Crippen LogP contribution is 2.30. The van der Waals surface area contributed by atoms with Gasteiger partial charge in [-0.2, -0.15) is 16.2 Å². The summed E-state index contributed by atoms with van der Waals surface area (Å²) in [5.74, 6) is -2.07. The average molecular weight is 272 g/mol. The number of amides is 1. The van der Waals surface area contributed by atoms with Gasteiger partial charge in [-0.25, -0.2) is 9.37 Å². The SMILES string of the molecule is CC1(C)CN(C(=O)c2ccnc(F)c2F)CCS1. The van der Waals surface area contributed by atoms with E-state index in [2.05, 4.69) is 4.98 Å². The van der Waals surface area contributed by atoms with Crippen LogP contribution in [0.25, 0.3) is 0 Å². The lowest BCUT2D eigenvalue weighted by atomic mass is 10.1. The van der Waals surface area contributed by atoms with Crippen LogP contribution in [0.2, 0.25) is 0 Å². The largest absolute Gasteiger partial charge is 0.336 e. The van der Waals surface area contributed by atoms with Crippen LogP contribution in [0.5, 0.6) is 0 Å². The first-order valence-electron chi connectivity index (χ1n) is 5.64. The quantitative estimate of drug-likeness (QED) is 0.736. The molecule has 6 heteroatoms. The molecule has 98 valence electrons. The van der Waals surface area contributed by atoms with Gasteiger partial charge in [-0.3, -0.25) is 4.79 Å². The number of rotatable bonds is 1. The smallest absolute Gasteiger partial charge is 0.257 e. The molecule has 0 aromatic carbocycles. The van der Waals surface area contributed by atoms with E-state index in [0.29, 0.717) is 13.1 Å². The van der Waals surface area contributed by atoms with Crippen LogP contribution in [0, 0.1) is 11.8 Å². The molecular formula is C12H14F2N2OS. The van der Waals surface area contributed by atoms with Gasteiger partial charge >= 0.3 is 0 Å². The Morgan fingerprint density at radius 3 is 2.89 bits per heavy atom. The number of aromatic nitrogens is 1. The second kappa shape index (κ2) is 4.84. The second-order valence-electron chi connectivity index (χ2n) is 4.80. The van der Waals surface area contributed by atoms with Crippen molar-refractivity contribution in [2.24, 2.45) is 0 Å². The number of carbonyl (C=O) groups is 1. The molecular weight excluding hydrogens is 258 g/mol. The Kier molecular flexibility index (Phi) is 3.56. The average Bonchev–Trinajstić information content (AvgIpc) is 2.30. The van der Waals surface area contributed by atoms with Crippen molar-refractivity contribution in [3.63, 3.8) is 0 Å². The van der Waals surface area contributed by atoms with Crippen LogP contribution in [0.1, 0.15) is 24.2 Å². The summed E-state index contributed by atoms with van der Waals surface area (Å²) < 4.78 is 26.4. The molecule has 0 radical (unpaired) electrons. The molecule has 3 nitrogen and oxygen atoms in total. The molecule has 1 fully saturated rings. The van der Waals surface area contributed by atoms with E-state index in [0.717, 1.165) is 11.9 Å². The van der Waals surface area contributed by atoms with Crippen LogP contribution < -0.4 is 0 Å². The predicted molar refractivity (Wildman–Crippen MR) is 66.6 cm³/mol. The summed E-state index contributed by atoms with van der Waals surface area (Å²) in [5, 5.41) is 0. The first-order chi connectivity index (χ1) is 8.41. The van der Waals surface area contributed by atoms with Crippen molar-refractivity contribution >= 4 is 17.7 Å². The molecule has 0 aliphatic carbocycles. The van der Waals surface area contributed by atoms with E-state index >= 15 is 0 Å². The van der Waals surface area contributed by atoms with Crippen molar-refractivity contribution in [2.75, 3.05) is 18.8 Å². The Labute approximate surface area is 109 Å². The highest BCUT2D eigenvalue weighted by Gasteiger charge is 2.31. The maximum atomic E-state index is 13.5. The number of nitrogens with zero attached hydrogens (tertiary/aromatic N) is 2. The summed E-state index contributed by atoms with van der Waals surface area (Å²) >= 11 is 1.77. The van der Waals surface area contributed by atoms with Gasteiger partial charge in [-0.05, 0) is 19.9 Å². The van der Waals surface area contributed by atoms with Crippen molar-refractivity contribution in [1.29, 1.82) is 0 Å². The Hall–Kier alpha value is -1.17. The van der Waals surface area contributed by atoms with E-state index in [1.165, 1.54) is 6.07 Å². The van der Waals surface area contributed by atoms with Crippen LogP contribution in [0.4, 0.5) is 8.78 Å². The minimum absolute atomic E-state index is 0.0596. The molecule has 1 saturated heterocycles. The van der Waals surface area contributed by atoms with E-state index < -0.39 is 17.7 Å². The van der Waals surface area contributed by atoms with Crippen LogP contribution in [-0.4, -0.2) is 39.4 Å². The monoisotopic (exact) mass is 272 g/mol. The molecule has 0 atom stereocenters. The number of thioether (sulfide) groups is 1. The van der Waals surface area contributed by atoms with E-state index in [4.69, 9.17) is 0 Å². The van der Waals surface area contributed by atoms with E-state index in [1.54, 1.807) is 16.7 Å². The summed E-state index contributed by atoms with van der Waals surface area (Å²) in [6.45, 7) is 5.14. The zero-order valence-corrected chi connectivity index (χ0v) is 11.1. The molecule has 1 aliphatic heterocycles. The van der Waals surface area contributed by atoms with Gasteiger partial charge in [-0.15, -0.1) is 0 Å². The fourth-order valence-electron chi connectivity index (χ4n) is 1.94. The van der Waals surface area contributed by atoms with Gasteiger partial charge < -0.3 is 4.90 Å². The summed E-state index contributed by atoms with van der Waals surface area (Å²) in [5.41, 5.74) is -0.245. The van der Waals surface area contributed by atoms with Crippen molar-refractivity contribution in [3.05, 3.63) is 29.6 Å². The van der Waals surface area contributed by atoms with Gasteiger partial charge in [0.15, 0.2) is 5.82 Å². The minimum atomic E-state index is -1.23. The first-order valence-corrected chi connectivity index (χ1v) is 6.62. The standard InChI is InChI=1S/C12H14F2N2OS/c1-12(2)7-16(5-6-18-12)11(17)8-3-4-15-10(14)9(8)13/h3-4H,5-7H2,1-2H3. The lowest BCUT2D eigenvalue weighted by Crippen LogP contribution is -2.46. The lowest BCUT2D eigenvalue weighted by molar-refractivity contribution is 0.0741. The van der Waals surface area contributed by atoms with Gasteiger partial charge in [0.2, 0.25) is 5.95 Å². The maximum Gasteiger partial charge on any atom is 0.257 e. The molecule has 1 aromatic rings. The minimum Gasteiger partial charge on any atom is -0.336 e. The van der Waals surface area contributed by atoms with Crippen molar-refractivity contribution < 1.29 is 13.6 Å². The Morgan fingerprint density at radius 2 is 2.22 bits per heavy atom. The van der Waals surface area contributed by atoms with Crippen molar-refractivity contribution in [3.8, 4) is 0 Å². The fourth-order valence-corrected chi connectivity index (χ4v) is 3.05. The van der Waals surface area contributed by atoms with Gasteiger partial charge in [0, 0.05) is 29.8 Å². The molecule has 0 unspecified atom stereocenters. The molecule has 1 aliphatic rings. The van der Waals surface area contributed by atoms with Gasteiger partial charge in [-0.1, -0.05) is 0 Å². The summed E-state index contributed by atoms with van der Waals surface area (Å²) in [6, 6.07) is 1.22. The Balaban J connectivity index is 2.23. The highest BCUT2D eigenvalue weighted by molar-refractivity contribution is 8.00. The summed E-state index contributed by atoms with van der Waals surface area (Å²) in [4.78, 5) is 16.9. The highest BCUT2D eigenvalue weighted by atomic mass is 32.2. The van der Waals surface area contributed by atoms with Gasteiger partial charge in [0.25, 0.3) is 5.91 Å². The number of halogens is 2. The summed E-state index contributed by atoms with van der Waals surface area (Å²) in [7, 11) is 0. The number of carbonyl (C=O) groups excluding carboxylic acids is 1. The van der Waals surface area contributed by atoms with E-state index in [9.17, 15) is 13.6 Å². The molecule has 1 aromatic heterocycles. The van der Waals surface area contributed by atoms with E-state index in [-0.39, 0.29) is 10.3 Å². The zero-order chi connectivity index (χ0) is 13.3. The number of hydrogen-bond donors (Lipinski definition) is 0. The van der Waals surface area contributed by atoms with Crippen LogP contribution >= 0.6 is 11.8 Å². The van der Waals surface area contributed by atoms with Crippen LogP contribution in [0.15, 0.2) is 12.3 Å². The third kappa shape index (κ3) is 2.63. The van der Waals surface area contributed by atoms with Crippen molar-refractivity contribution in [2.45, 2.75) is 18.6 Å². The van der Waals surface area contributed by atoms with Gasteiger partial charge in [0.1, 0.15) is 0 Å². The molecule has 18 heavy (non-hydrogen) atoms. The third-order valence-corrected chi connectivity index (χ3v) is 4.09. The molecule has 0 saturated carbocycles. The second-order valence-corrected chi connectivity index (χ2v) is 6.60. The normalized spacial score (nSPS) is 18.8. The maximum absolute atomic E-state index is 13.5. The Bertz CT molecular complexity index is 479. The molecule has 2 rings (SSSR count). The molecule has 0 spiro atoms. The first kappa shape index (κ1) is 13.3. The topological polar surface area (TPSA) is 33.2 Å². The number of pyridine rings is 1. The van der Waals surface area contributed by atoms with E-state index in [1.807, 2.05) is 13.8 Å². The third-order valence-electron chi connectivity index (χ3n) is 2.79. The van der Waals surface area contributed by atoms with Crippen LogP contribution in [0.3, 0.4) is 0 Å².